The third-order valence-electron chi connectivity index (χ3n) is 2.41. The molecule has 0 spiro atoms. The molecule has 2 rings (SSSR count). The van der Waals surface area contributed by atoms with Crippen molar-refractivity contribution in [1.82, 2.24) is 4.98 Å². The van der Waals surface area contributed by atoms with Crippen LogP contribution in [0.5, 0.6) is 0 Å². The Morgan fingerprint density at radius 2 is 1.78 bits per heavy atom. The topological polar surface area (TPSA) is 50.2 Å². The first-order chi connectivity index (χ1) is 8.56. The number of pyridine rings is 1. The fraction of sp³-hybridized carbons (Fsp3) is 0.0769. The number of carboxylic acids is 1. The highest BCUT2D eigenvalue weighted by Gasteiger charge is 2.11. The zero-order valence-electron chi connectivity index (χ0n) is 9.23. The molecule has 0 saturated heterocycles. The van der Waals surface area contributed by atoms with Crippen molar-refractivity contribution in [3.8, 4) is 11.1 Å². The van der Waals surface area contributed by atoms with E-state index in [4.69, 9.17) is 5.11 Å². The van der Waals surface area contributed by atoms with Crippen LogP contribution >= 0.6 is 0 Å². The number of hydrogen-bond donors (Lipinski definition) is 1. The van der Waals surface area contributed by atoms with Crippen molar-refractivity contribution in [1.29, 1.82) is 0 Å². The number of carboxylic acid groups (broad SMARTS) is 1. The average Bonchev–Trinajstić information content (AvgIpc) is 2.30. The van der Waals surface area contributed by atoms with Crippen LogP contribution in [0.2, 0.25) is 0 Å². The SMILES string of the molecule is O=C(O)Cc1nc(F)ccc1-c1ccc(F)cc1. The lowest BCUT2D eigenvalue weighted by atomic mass is 10.0. The molecule has 0 aliphatic carbocycles. The second-order valence-corrected chi connectivity index (χ2v) is 3.71. The Balaban J connectivity index is 2.49. The van der Waals surface area contributed by atoms with Gasteiger partial charge >= 0.3 is 5.97 Å². The molecule has 1 aromatic heterocycles. The summed E-state index contributed by atoms with van der Waals surface area (Å²) in [5.74, 6) is -2.23. The van der Waals surface area contributed by atoms with Crippen LogP contribution in [0.1, 0.15) is 5.69 Å². The normalized spacial score (nSPS) is 10.3. The van der Waals surface area contributed by atoms with Crippen LogP contribution in [0.15, 0.2) is 36.4 Å². The Hall–Kier alpha value is -2.30. The van der Waals surface area contributed by atoms with Crippen molar-refractivity contribution >= 4 is 5.97 Å². The molecule has 0 aliphatic heterocycles. The number of hydrogen-bond acceptors (Lipinski definition) is 2. The summed E-state index contributed by atoms with van der Waals surface area (Å²) >= 11 is 0. The summed E-state index contributed by atoms with van der Waals surface area (Å²) < 4.78 is 25.8. The van der Waals surface area contributed by atoms with Gasteiger partial charge in [0.2, 0.25) is 5.95 Å². The molecule has 0 saturated carbocycles. The molecule has 3 nitrogen and oxygen atoms in total. The Morgan fingerprint density at radius 3 is 2.39 bits per heavy atom. The minimum absolute atomic E-state index is 0.120. The summed E-state index contributed by atoms with van der Waals surface area (Å²) in [6, 6.07) is 8.08. The van der Waals surface area contributed by atoms with Crippen molar-refractivity contribution in [2.75, 3.05) is 0 Å². The van der Waals surface area contributed by atoms with Gasteiger partial charge in [-0.25, -0.2) is 9.37 Å². The lowest BCUT2D eigenvalue weighted by Crippen LogP contribution is -2.05. The van der Waals surface area contributed by atoms with E-state index < -0.39 is 17.7 Å². The Morgan fingerprint density at radius 1 is 1.11 bits per heavy atom. The second kappa shape index (κ2) is 4.91. The Kier molecular flexibility index (Phi) is 3.32. The molecule has 0 aliphatic rings. The van der Waals surface area contributed by atoms with Gasteiger partial charge in [0.15, 0.2) is 0 Å². The first-order valence-electron chi connectivity index (χ1n) is 5.19. The van der Waals surface area contributed by atoms with Gasteiger partial charge in [0, 0.05) is 5.56 Å². The maximum Gasteiger partial charge on any atom is 0.309 e. The van der Waals surface area contributed by atoms with E-state index in [2.05, 4.69) is 4.98 Å². The molecule has 0 unspecified atom stereocenters. The monoisotopic (exact) mass is 249 g/mol. The first-order valence-corrected chi connectivity index (χ1v) is 5.19. The fourth-order valence-corrected chi connectivity index (χ4v) is 1.64. The standard InChI is InChI=1S/C13H9F2NO2/c14-9-3-1-8(2-4-9)10-5-6-12(15)16-11(10)7-13(17)18/h1-6H,7H2,(H,17,18). The molecular weight excluding hydrogens is 240 g/mol. The maximum absolute atomic E-state index is 13.0. The molecule has 0 bridgehead atoms. The Bertz CT molecular complexity index is 582. The van der Waals surface area contributed by atoms with Crippen molar-refractivity contribution < 1.29 is 18.7 Å². The van der Waals surface area contributed by atoms with Crippen LogP contribution in [0.4, 0.5) is 8.78 Å². The summed E-state index contributed by atoms with van der Waals surface area (Å²) in [5, 5.41) is 8.75. The number of halogens is 2. The maximum atomic E-state index is 13.0. The number of benzene rings is 1. The van der Waals surface area contributed by atoms with Crippen LogP contribution in [0.25, 0.3) is 11.1 Å². The van der Waals surface area contributed by atoms with E-state index in [1.54, 1.807) is 0 Å². The molecule has 2 aromatic rings. The molecule has 1 heterocycles. The molecule has 1 N–H and O–H groups in total. The van der Waals surface area contributed by atoms with E-state index >= 15 is 0 Å². The number of carbonyl (C=O) groups is 1. The van der Waals surface area contributed by atoms with Gasteiger partial charge in [0.1, 0.15) is 5.82 Å². The van der Waals surface area contributed by atoms with Crippen LogP contribution in [-0.4, -0.2) is 16.1 Å². The molecular formula is C13H9F2NO2. The van der Waals surface area contributed by atoms with Crippen molar-refractivity contribution in [3.63, 3.8) is 0 Å². The molecule has 92 valence electrons. The average molecular weight is 249 g/mol. The van der Waals surface area contributed by atoms with E-state index in [-0.39, 0.29) is 12.1 Å². The van der Waals surface area contributed by atoms with Crippen molar-refractivity contribution in [3.05, 3.63) is 53.9 Å². The fourth-order valence-electron chi connectivity index (χ4n) is 1.64. The highest BCUT2D eigenvalue weighted by Crippen LogP contribution is 2.23. The number of nitrogens with zero attached hydrogens (tertiary/aromatic N) is 1. The third-order valence-corrected chi connectivity index (χ3v) is 2.41. The molecule has 1 aromatic carbocycles. The molecule has 0 atom stereocenters. The molecule has 5 heteroatoms. The lowest BCUT2D eigenvalue weighted by molar-refractivity contribution is -0.136. The van der Waals surface area contributed by atoms with E-state index in [0.717, 1.165) is 6.07 Å². The lowest BCUT2D eigenvalue weighted by Gasteiger charge is -2.07. The summed E-state index contributed by atoms with van der Waals surface area (Å²) in [6.45, 7) is 0. The van der Waals surface area contributed by atoms with E-state index in [0.29, 0.717) is 11.1 Å². The van der Waals surface area contributed by atoms with Crippen LogP contribution in [-0.2, 0) is 11.2 Å². The largest absolute Gasteiger partial charge is 0.481 e. The predicted octanol–water partition coefficient (Wildman–Crippen LogP) is 2.65. The predicted molar refractivity (Wildman–Crippen MR) is 60.9 cm³/mol. The molecule has 0 radical (unpaired) electrons. The summed E-state index contributed by atoms with van der Waals surface area (Å²) in [7, 11) is 0. The van der Waals surface area contributed by atoms with Gasteiger partial charge in [-0.15, -0.1) is 0 Å². The first kappa shape index (κ1) is 12.2. The van der Waals surface area contributed by atoms with Gasteiger partial charge in [-0.05, 0) is 29.8 Å². The van der Waals surface area contributed by atoms with Gasteiger partial charge in [-0.1, -0.05) is 12.1 Å². The smallest absolute Gasteiger partial charge is 0.309 e. The number of rotatable bonds is 3. The van der Waals surface area contributed by atoms with Gasteiger partial charge in [0.05, 0.1) is 12.1 Å². The highest BCUT2D eigenvalue weighted by atomic mass is 19.1. The van der Waals surface area contributed by atoms with Crippen molar-refractivity contribution in [2.45, 2.75) is 6.42 Å². The van der Waals surface area contributed by atoms with Crippen LogP contribution < -0.4 is 0 Å². The molecule has 0 amide bonds. The molecule has 18 heavy (non-hydrogen) atoms. The third kappa shape index (κ3) is 2.68. The van der Waals surface area contributed by atoms with Gasteiger partial charge in [-0.2, -0.15) is 4.39 Å². The minimum atomic E-state index is -1.10. The van der Waals surface area contributed by atoms with Gasteiger partial charge in [0.25, 0.3) is 0 Å². The van der Waals surface area contributed by atoms with E-state index in [1.165, 1.54) is 30.3 Å². The molecule has 0 fully saturated rings. The zero-order valence-corrected chi connectivity index (χ0v) is 9.23. The van der Waals surface area contributed by atoms with E-state index in [1.807, 2.05) is 0 Å². The minimum Gasteiger partial charge on any atom is -0.481 e. The zero-order chi connectivity index (χ0) is 13.1. The second-order valence-electron chi connectivity index (χ2n) is 3.71. The van der Waals surface area contributed by atoms with Crippen molar-refractivity contribution in [2.24, 2.45) is 0 Å². The summed E-state index contributed by atoms with van der Waals surface area (Å²) in [5.41, 5.74) is 1.20. The highest BCUT2D eigenvalue weighted by molar-refractivity contribution is 5.75. The quantitative estimate of drug-likeness (QED) is 0.851. The van der Waals surface area contributed by atoms with Crippen LogP contribution in [0, 0.1) is 11.8 Å². The van der Waals surface area contributed by atoms with Crippen LogP contribution in [0.3, 0.4) is 0 Å². The number of aromatic nitrogens is 1. The number of aliphatic carboxylic acids is 1. The summed E-state index contributed by atoms with van der Waals surface area (Å²) in [6.07, 6.45) is -0.384. The van der Waals surface area contributed by atoms with E-state index in [9.17, 15) is 13.6 Å². The van der Waals surface area contributed by atoms with Gasteiger partial charge in [-0.3, -0.25) is 4.79 Å². The summed E-state index contributed by atoms with van der Waals surface area (Å²) in [4.78, 5) is 14.3. The Labute approximate surface area is 102 Å². The van der Waals surface area contributed by atoms with Gasteiger partial charge < -0.3 is 5.11 Å².